The molecule has 1 saturated heterocycles. The van der Waals surface area contributed by atoms with E-state index in [2.05, 4.69) is 21.2 Å². The third-order valence-corrected chi connectivity index (χ3v) is 11.0. The molecule has 1 N–H and O–H groups in total. The van der Waals surface area contributed by atoms with E-state index in [9.17, 15) is 19.2 Å². The van der Waals surface area contributed by atoms with Gasteiger partial charge in [0.15, 0.2) is 0 Å². The quantitative estimate of drug-likeness (QED) is 0.233. The van der Waals surface area contributed by atoms with Crippen LogP contribution in [0, 0.1) is 5.92 Å². The van der Waals surface area contributed by atoms with Crippen molar-refractivity contribution in [3.05, 3.63) is 101 Å². The van der Waals surface area contributed by atoms with Gasteiger partial charge in [-0.15, -0.1) is 0 Å². The number of rotatable bonds is 6. The van der Waals surface area contributed by atoms with Crippen molar-refractivity contribution in [1.82, 2.24) is 4.57 Å². The average molecular weight is 705 g/mol. The van der Waals surface area contributed by atoms with Crippen molar-refractivity contribution >= 4 is 91.3 Å². The molecule has 6 rings (SSSR count). The number of thioether (sulfide) groups is 1. The van der Waals surface area contributed by atoms with E-state index in [1.165, 1.54) is 22.6 Å². The first-order valence-electron chi connectivity index (χ1n) is 12.6. The Hall–Kier alpha value is -3.09. The fourth-order valence-corrected chi connectivity index (χ4v) is 8.60. The second kappa shape index (κ2) is 11.5. The van der Waals surface area contributed by atoms with Crippen molar-refractivity contribution in [3.8, 4) is 5.75 Å². The van der Waals surface area contributed by atoms with Gasteiger partial charge in [0.05, 0.1) is 33.8 Å². The molecule has 4 aromatic rings. The summed E-state index contributed by atoms with van der Waals surface area (Å²) in [5, 5.41) is 3.02. The lowest BCUT2D eigenvalue weighted by Crippen LogP contribution is -2.33. The van der Waals surface area contributed by atoms with Crippen LogP contribution in [0.4, 0.5) is 11.4 Å². The van der Waals surface area contributed by atoms with Crippen LogP contribution in [0.15, 0.2) is 81.0 Å². The summed E-state index contributed by atoms with van der Waals surface area (Å²) in [6.45, 7) is -0.299. The summed E-state index contributed by atoms with van der Waals surface area (Å²) >= 11 is 17.6. The van der Waals surface area contributed by atoms with Crippen molar-refractivity contribution in [1.29, 1.82) is 0 Å². The number of para-hydroxylation sites is 1. The molecular formula is C29H20BrCl2N3O5S2. The minimum atomic E-state index is -0.818. The molecule has 3 aromatic carbocycles. The highest BCUT2D eigenvalue weighted by Gasteiger charge is 2.57. The summed E-state index contributed by atoms with van der Waals surface area (Å²) in [5.41, 5.74) is 1.57. The second-order valence-corrected chi connectivity index (χ2v) is 13.4. The number of anilines is 2. The molecule has 0 bridgehead atoms. The summed E-state index contributed by atoms with van der Waals surface area (Å²) in [7, 11) is 1.53. The number of carbonyl (C=O) groups is 3. The van der Waals surface area contributed by atoms with Crippen LogP contribution in [-0.4, -0.2) is 34.6 Å². The molecule has 13 heteroatoms. The van der Waals surface area contributed by atoms with Gasteiger partial charge in [-0.05, 0) is 48.5 Å². The number of fused-ring (bicyclic) bond motifs is 2. The van der Waals surface area contributed by atoms with Crippen LogP contribution in [0.3, 0.4) is 0 Å². The van der Waals surface area contributed by atoms with E-state index in [1.54, 1.807) is 42.5 Å². The molecule has 214 valence electrons. The molecule has 0 radical (unpaired) electrons. The molecule has 3 heterocycles. The molecule has 1 aromatic heterocycles. The van der Waals surface area contributed by atoms with E-state index in [-0.39, 0.29) is 28.3 Å². The second-order valence-electron chi connectivity index (χ2n) is 9.57. The van der Waals surface area contributed by atoms with Gasteiger partial charge in [-0.3, -0.25) is 23.7 Å². The lowest BCUT2D eigenvalue weighted by Gasteiger charge is -2.31. The van der Waals surface area contributed by atoms with Gasteiger partial charge in [-0.2, -0.15) is 0 Å². The molecule has 2 aliphatic rings. The fourth-order valence-electron chi connectivity index (χ4n) is 5.28. The number of aromatic nitrogens is 1. The van der Waals surface area contributed by atoms with Crippen LogP contribution in [0.2, 0.25) is 10.0 Å². The highest BCUT2D eigenvalue weighted by molar-refractivity contribution is 9.10. The SMILES string of the molecule is COc1ccccc1C1c2sc(=O)n(CC(=O)Nc3ccc(Cl)c(Cl)c3)c2SC2C(=O)N(c3ccc(Br)cc3)C(=O)C21. The molecule has 2 aliphatic heterocycles. The van der Waals surface area contributed by atoms with Gasteiger partial charge >= 0.3 is 4.87 Å². The Kier molecular flexibility index (Phi) is 7.97. The van der Waals surface area contributed by atoms with Crippen LogP contribution in [0.5, 0.6) is 5.75 Å². The Morgan fingerprint density at radius 2 is 1.74 bits per heavy atom. The summed E-state index contributed by atoms with van der Waals surface area (Å²) in [4.78, 5) is 55.8. The van der Waals surface area contributed by atoms with E-state index >= 15 is 0 Å². The molecule has 8 nitrogen and oxygen atoms in total. The number of hydrogen-bond acceptors (Lipinski definition) is 7. The number of benzene rings is 3. The summed E-state index contributed by atoms with van der Waals surface area (Å²) in [5.74, 6) is -2.09. The van der Waals surface area contributed by atoms with Crippen molar-refractivity contribution < 1.29 is 19.1 Å². The van der Waals surface area contributed by atoms with Crippen molar-refractivity contribution in [2.24, 2.45) is 5.92 Å². The lowest BCUT2D eigenvalue weighted by molar-refractivity contribution is -0.122. The van der Waals surface area contributed by atoms with E-state index < -0.39 is 23.0 Å². The standard InChI is InChI=1S/C29H20BrCl2N3O5S2/c1-40-20-5-3-2-4-17(20)22-23-24(27(38)35(26(23)37)16-9-6-14(30)7-10-16)41-28-25(22)42-29(39)34(28)13-21(36)33-15-8-11-18(31)19(32)12-15/h2-12,22-24H,13H2,1H3,(H,33,36). The normalized spacial score (nSPS) is 19.4. The Labute approximate surface area is 266 Å². The van der Waals surface area contributed by atoms with Crippen molar-refractivity contribution in [2.75, 3.05) is 17.3 Å². The van der Waals surface area contributed by atoms with E-state index in [0.717, 1.165) is 27.6 Å². The zero-order valence-electron chi connectivity index (χ0n) is 21.7. The number of halogens is 3. The zero-order valence-corrected chi connectivity index (χ0v) is 26.4. The minimum absolute atomic E-state index is 0.278. The Bertz CT molecular complexity index is 1810. The van der Waals surface area contributed by atoms with Gasteiger partial charge < -0.3 is 10.1 Å². The number of thiazole rings is 1. The average Bonchev–Trinajstić information content (AvgIpc) is 3.41. The topological polar surface area (TPSA) is 97.7 Å². The fraction of sp³-hybridized carbons (Fsp3) is 0.172. The number of carbonyl (C=O) groups excluding carboxylic acids is 3. The number of nitrogens with one attached hydrogen (secondary N) is 1. The highest BCUT2D eigenvalue weighted by atomic mass is 79.9. The van der Waals surface area contributed by atoms with Gasteiger partial charge in [0.2, 0.25) is 17.7 Å². The Morgan fingerprint density at radius 1 is 1.00 bits per heavy atom. The van der Waals surface area contributed by atoms with Crippen LogP contribution >= 0.6 is 62.2 Å². The van der Waals surface area contributed by atoms with E-state index in [4.69, 9.17) is 27.9 Å². The first-order chi connectivity index (χ1) is 20.2. The summed E-state index contributed by atoms with van der Waals surface area (Å²) < 4.78 is 7.82. The van der Waals surface area contributed by atoms with Gasteiger partial charge in [0.25, 0.3) is 0 Å². The molecule has 0 saturated carbocycles. The van der Waals surface area contributed by atoms with Crippen LogP contribution < -0.4 is 19.8 Å². The molecule has 0 spiro atoms. The lowest BCUT2D eigenvalue weighted by atomic mass is 9.82. The predicted octanol–water partition coefficient (Wildman–Crippen LogP) is 6.42. The molecule has 3 unspecified atom stereocenters. The third-order valence-electron chi connectivity index (χ3n) is 7.11. The monoisotopic (exact) mass is 703 g/mol. The van der Waals surface area contributed by atoms with Crippen LogP contribution in [0.1, 0.15) is 16.4 Å². The van der Waals surface area contributed by atoms with Crippen LogP contribution in [0.25, 0.3) is 0 Å². The molecule has 1 fully saturated rings. The summed E-state index contributed by atoms with van der Waals surface area (Å²) in [6, 6.07) is 18.9. The van der Waals surface area contributed by atoms with Gasteiger partial charge in [-0.1, -0.05) is 80.4 Å². The van der Waals surface area contributed by atoms with Crippen molar-refractivity contribution in [3.63, 3.8) is 0 Å². The Balaban J connectivity index is 1.42. The smallest absolute Gasteiger partial charge is 0.308 e. The number of amides is 3. The molecule has 3 amide bonds. The van der Waals surface area contributed by atoms with E-state index in [0.29, 0.717) is 37.6 Å². The Morgan fingerprint density at radius 3 is 2.45 bits per heavy atom. The predicted molar refractivity (Wildman–Crippen MR) is 168 cm³/mol. The first-order valence-corrected chi connectivity index (χ1v) is 15.8. The zero-order chi connectivity index (χ0) is 29.7. The maximum absolute atomic E-state index is 14.0. The number of ether oxygens (including phenoxy) is 1. The number of imide groups is 1. The molecule has 0 aliphatic carbocycles. The van der Waals surface area contributed by atoms with Crippen molar-refractivity contribution in [2.45, 2.75) is 22.7 Å². The third kappa shape index (κ3) is 5.07. The number of hydrogen-bond donors (Lipinski definition) is 1. The molecular weight excluding hydrogens is 685 g/mol. The van der Waals surface area contributed by atoms with Crippen LogP contribution in [-0.2, 0) is 20.9 Å². The molecule has 42 heavy (non-hydrogen) atoms. The minimum Gasteiger partial charge on any atom is -0.496 e. The first kappa shape index (κ1) is 29.0. The largest absolute Gasteiger partial charge is 0.496 e. The maximum Gasteiger partial charge on any atom is 0.308 e. The molecule has 3 atom stereocenters. The van der Waals surface area contributed by atoms with Gasteiger partial charge in [0, 0.05) is 26.5 Å². The van der Waals surface area contributed by atoms with Gasteiger partial charge in [0.1, 0.15) is 17.5 Å². The highest BCUT2D eigenvalue weighted by Crippen LogP contribution is 2.55. The maximum atomic E-state index is 14.0. The number of methoxy groups -OCH3 is 1. The number of nitrogens with zero attached hydrogens (tertiary/aromatic N) is 2. The van der Waals surface area contributed by atoms with Gasteiger partial charge in [-0.25, -0.2) is 4.90 Å². The summed E-state index contributed by atoms with van der Waals surface area (Å²) in [6.07, 6.45) is 0. The van der Waals surface area contributed by atoms with E-state index in [1.807, 2.05) is 18.2 Å².